The summed E-state index contributed by atoms with van der Waals surface area (Å²) in [7, 11) is 0. The highest BCUT2D eigenvalue weighted by Gasteiger charge is 2.24. The van der Waals surface area contributed by atoms with Crippen molar-refractivity contribution in [1.82, 2.24) is 10.2 Å². The van der Waals surface area contributed by atoms with Crippen molar-refractivity contribution in [2.75, 3.05) is 13.1 Å². The second kappa shape index (κ2) is 5.02. The van der Waals surface area contributed by atoms with E-state index in [9.17, 15) is 0 Å². The molecule has 1 N–H and O–H groups in total. The largest absolute Gasteiger partial charge is 0.469 e. The third-order valence-corrected chi connectivity index (χ3v) is 3.29. The lowest BCUT2D eigenvalue weighted by molar-refractivity contribution is 0.127. The molecule has 3 atom stereocenters. The number of hydrogen-bond donors (Lipinski definition) is 1. The minimum Gasteiger partial charge on any atom is -0.469 e. The molecule has 1 saturated heterocycles. The number of nitrogens with one attached hydrogen (secondary N) is 1. The molecule has 1 aromatic rings. The van der Waals surface area contributed by atoms with Gasteiger partial charge in [-0.3, -0.25) is 4.90 Å². The molecule has 0 saturated carbocycles. The van der Waals surface area contributed by atoms with Crippen molar-refractivity contribution in [3.63, 3.8) is 0 Å². The van der Waals surface area contributed by atoms with Crippen molar-refractivity contribution in [3.05, 3.63) is 24.2 Å². The molecular formula is C13H22N2O. The van der Waals surface area contributed by atoms with Crippen LogP contribution in [0.1, 0.15) is 26.5 Å². The molecule has 0 bridgehead atoms. The van der Waals surface area contributed by atoms with E-state index >= 15 is 0 Å². The first-order valence-electron chi connectivity index (χ1n) is 6.17. The molecule has 2 rings (SSSR count). The summed E-state index contributed by atoms with van der Waals surface area (Å²) in [6.45, 7) is 9.05. The highest BCUT2D eigenvalue weighted by atomic mass is 16.3. The van der Waals surface area contributed by atoms with Crippen LogP contribution in [0.2, 0.25) is 0 Å². The Kier molecular flexibility index (Phi) is 3.66. The monoisotopic (exact) mass is 222 g/mol. The first kappa shape index (κ1) is 11.7. The van der Waals surface area contributed by atoms with E-state index in [1.54, 1.807) is 6.26 Å². The summed E-state index contributed by atoms with van der Waals surface area (Å²) < 4.78 is 5.41. The molecule has 3 heteroatoms. The van der Waals surface area contributed by atoms with E-state index in [2.05, 4.69) is 37.1 Å². The van der Waals surface area contributed by atoms with E-state index in [-0.39, 0.29) is 0 Å². The van der Waals surface area contributed by atoms with Crippen LogP contribution in [0, 0.1) is 0 Å². The Bertz CT molecular complexity index is 300. The first-order chi connectivity index (χ1) is 7.65. The van der Waals surface area contributed by atoms with Gasteiger partial charge < -0.3 is 9.73 Å². The molecular weight excluding hydrogens is 200 g/mol. The van der Waals surface area contributed by atoms with Gasteiger partial charge >= 0.3 is 0 Å². The fourth-order valence-corrected chi connectivity index (χ4v) is 2.58. The molecule has 1 aromatic heterocycles. The second-order valence-electron chi connectivity index (χ2n) is 5.06. The van der Waals surface area contributed by atoms with Gasteiger partial charge in [0, 0.05) is 37.6 Å². The average Bonchev–Trinajstić information content (AvgIpc) is 2.68. The van der Waals surface area contributed by atoms with Crippen LogP contribution in [0.4, 0.5) is 0 Å². The molecule has 0 amide bonds. The number of hydrogen-bond acceptors (Lipinski definition) is 3. The molecule has 0 aromatic carbocycles. The summed E-state index contributed by atoms with van der Waals surface area (Å²) in [6.07, 6.45) is 2.76. The Balaban J connectivity index is 1.91. The number of piperazine rings is 1. The summed E-state index contributed by atoms with van der Waals surface area (Å²) in [5.74, 6) is 1.09. The average molecular weight is 222 g/mol. The van der Waals surface area contributed by atoms with Gasteiger partial charge in [0.2, 0.25) is 0 Å². The smallest absolute Gasteiger partial charge is 0.105 e. The van der Waals surface area contributed by atoms with Gasteiger partial charge in [0.15, 0.2) is 0 Å². The topological polar surface area (TPSA) is 28.4 Å². The normalized spacial score (nSPS) is 29.2. The Morgan fingerprint density at radius 3 is 2.69 bits per heavy atom. The number of rotatable bonds is 3. The Morgan fingerprint density at radius 1 is 1.44 bits per heavy atom. The SMILES string of the molecule is CC1CN(C(C)Cc2ccco2)CC(C)N1. The van der Waals surface area contributed by atoms with Crippen molar-refractivity contribution >= 4 is 0 Å². The van der Waals surface area contributed by atoms with Gasteiger partial charge in [-0.15, -0.1) is 0 Å². The van der Waals surface area contributed by atoms with E-state index in [0.717, 1.165) is 25.3 Å². The molecule has 1 fully saturated rings. The summed E-state index contributed by atoms with van der Waals surface area (Å²) in [5, 5.41) is 3.56. The summed E-state index contributed by atoms with van der Waals surface area (Å²) in [5.41, 5.74) is 0. The van der Waals surface area contributed by atoms with Crippen molar-refractivity contribution in [2.24, 2.45) is 0 Å². The molecule has 2 heterocycles. The van der Waals surface area contributed by atoms with Crippen LogP contribution in [0.15, 0.2) is 22.8 Å². The summed E-state index contributed by atoms with van der Waals surface area (Å²) >= 11 is 0. The third kappa shape index (κ3) is 2.86. The van der Waals surface area contributed by atoms with Crippen LogP contribution >= 0.6 is 0 Å². The van der Waals surface area contributed by atoms with Crippen LogP contribution in [0.5, 0.6) is 0 Å². The van der Waals surface area contributed by atoms with Gasteiger partial charge in [-0.05, 0) is 32.9 Å². The van der Waals surface area contributed by atoms with Gasteiger partial charge in [0.25, 0.3) is 0 Å². The fourth-order valence-electron chi connectivity index (χ4n) is 2.58. The highest BCUT2D eigenvalue weighted by molar-refractivity contribution is 5.00. The van der Waals surface area contributed by atoms with Gasteiger partial charge in [-0.2, -0.15) is 0 Å². The Labute approximate surface area is 97.8 Å². The fraction of sp³-hybridized carbons (Fsp3) is 0.692. The van der Waals surface area contributed by atoms with E-state index in [0.29, 0.717) is 18.1 Å². The minimum atomic E-state index is 0.554. The molecule has 1 aliphatic rings. The maximum atomic E-state index is 5.41. The van der Waals surface area contributed by atoms with Crippen molar-refractivity contribution < 1.29 is 4.42 Å². The zero-order valence-corrected chi connectivity index (χ0v) is 10.4. The first-order valence-corrected chi connectivity index (χ1v) is 6.17. The van der Waals surface area contributed by atoms with E-state index in [1.165, 1.54) is 0 Å². The molecule has 90 valence electrons. The maximum Gasteiger partial charge on any atom is 0.105 e. The second-order valence-corrected chi connectivity index (χ2v) is 5.06. The quantitative estimate of drug-likeness (QED) is 0.846. The molecule has 3 nitrogen and oxygen atoms in total. The van der Waals surface area contributed by atoms with Gasteiger partial charge in [0.1, 0.15) is 5.76 Å². The van der Waals surface area contributed by atoms with Gasteiger partial charge in [0.05, 0.1) is 6.26 Å². The van der Waals surface area contributed by atoms with E-state index in [4.69, 9.17) is 4.42 Å². The number of furan rings is 1. The van der Waals surface area contributed by atoms with Crippen LogP contribution in [-0.2, 0) is 6.42 Å². The predicted octanol–water partition coefficient (Wildman–Crippen LogP) is 1.89. The molecule has 16 heavy (non-hydrogen) atoms. The lowest BCUT2D eigenvalue weighted by Gasteiger charge is -2.39. The molecule has 3 unspecified atom stereocenters. The predicted molar refractivity (Wildman–Crippen MR) is 65.5 cm³/mol. The van der Waals surface area contributed by atoms with Crippen molar-refractivity contribution in [1.29, 1.82) is 0 Å². The zero-order chi connectivity index (χ0) is 11.5. The third-order valence-electron chi connectivity index (χ3n) is 3.29. The zero-order valence-electron chi connectivity index (χ0n) is 10.4. The maximum absolute atomic E-state index is 5.41. The van der Waals surface area contributed by atoms with Crippen LogP contribution in [0.25, 0.3) is 0 Å². The van der Waals surface area contributed by atoms with E-state index in [1.807, 2.05) is 6.07 Å². The van der Waals surface area contributed by atoms with Crippen LogP contribution < -0.4 is 5.32 Å². The molecule has 1 aliphatic heterocycles. The Morgan fingerprint density at radius 2 is 2.12 bits per heavy atom. The van der Waals surface area contributed by atoms with Gasteiger partial charge in [-0.25, -0.2) is 0 Å². The number of nitrogens with zero attached hydrogens (tertiary/aromatic N) is 1. The molecule has 0 radical (unpaired) electrons. The summed E-state index contributed by atoms with van der Waals surface area (Å²) in [4.78, 5) is 2.55. The molecule has 0 spiro atoms. The van der Waals surface area contributed by atoms with E-state index < -0.39 is 0 Å². The van der Waals surface area contributed by atoms with Crippen molar-refractivity contribution in [2.45, 2.75) is 45.3 Å². The molecule has 0 aliphatic carbocycles. The lowest BCUT2D eigenvalue weighted by atomic mass is 10.1. The lowest BCUT2D eigenvalue weighted by Crippen LogP contribution is -2.56. The van der Waals surface area contributed by atoms with Crippen LogP contribution in [-0.4, -0.2) is 36.1 Å². The highest BCUT2D eigenvalue weighted by Crippen LogP contribution is 2.13. The van der Waals surface area contributed by atoms with Crippen molar-refractivity contribution in [3.8, 4) is 0 Å². The minimum absolute atomic E-state index is 0.554. The summed E-state index contributed by atoms with van der Waals surface area (Å²) in [6, 6.07) is 5.75. The Hall–Kier alpha value is -0.800. The van der Waals surface area contributed by atoms with Gasteiger partial charge in [-0.1, -0.05) is 0 Å². The standard InChI is InChI=1S/C13H22N2O/c1-10-8-15(9-11(2)14-10)12(3)7-13-5-4-6-16-13/h4-6,10-12,14H,7-9H2,1-3H3. The van der Waals surface area contributed by atoms with Crippen LogP contribution in [0.3, 0.4) is 0 Å².